The number of hydrogen-bond donors (Lipinski definition) is 1. The Kier molecular flexibility index (Phi) is 2.87. The van der Waals surface area contributed by atoms with Crippen LogP contribution in [-0.4, -0.2) is 30.0 Å². The van der Waals surface area contributed by atoms with Crippen LogP contribution in [0.15, 0.2) is 18.2 Å². The second kappa shape index (κ2) is 4.31. The van der Waals surface area contributed by atoms with Crippen LogP contribution in [0.5, 0.6) is 0 Å². The van der Waals surface area contributed by atoms with Gasteiger partial charge in [0, 0.05) is 23.1 Å². The van der Waals surface area contributed by atoms with Gasteiger partial charge < -0.3 is 4.98 Å². The topological polar surface area (TPSA) is 53.2 Å². The minimum absolute atomic E-state index is 0.108. The number of benzene rings is 1. The van der Waals surface area contributed by atoms with Crippen molar-refractivity contribution in [3.8, 4) is 0 Å². The molecule has 1 aliphatic heterocycles. The molecule has 1 aromatic carbocycles. The fourth-order valence-electron chi connectivity index (χ4n) is 2.61. The van der Waals surface area contributed by atoms with Gasteiger partial charge in [-0.05, 0) is 37.1 Å². The summed E-state index contributed by atoms with van der Waals surface area (Å²) in [6.07, 6.45) is 0.623. The first-order valence-corrected chi connectivity index (χ1v) is 7.89. The normalized spacial score (nSPS) is 16.7. The summed E-state index contributed by atoms with van der Waals surface area (Å²) in [5.41, 5.74) is 2.78. The number of nitrogens with one attached hydrogen (secondary N) is 1. The number of H-pyrrole nitrogens is 1. The van der Waals surface area contributed by atoms with Crippen molar-refractivity contribution in [3.63, 3.8) is 0 Å². The van der Waals surface area contributed by atoms with Gasteiger partial charge >= 0.3 is 0 Å². The lowest BCUT2D eigenvalue weighted by Crippen LogP contribution is -2.36. The number of hydrogen-bond acceptors (Lipinski definition) is 2. The number of nitrogens with zero attached hydrogens (tertiary/aromatic N) is 1. The van der Waals surface area contributed by atoms with Crippen LogP contribution in [0.2, 0.25) is 0 Å². The third-order valence-corrected chi connectivity index (χ3v) is 5.49. The number of aromatic amines is 1. The van der Waals surface area contributed by atoms with E-state index in [9.17, 15) is 12.8 Å². The van der Waals surface area contributed by atoms with E-state index < -0.39 is 10.0 Å². The Hall–Kier alpha value is -1.40. The van der Waals surface area contributed by atoms with Gasteiger partial charge in [0.1, 0.15) is 5.82 Å². The maximum Gasteiger partial charge on any atom is 0.214 e. The van der Waals surface area contributed by atoms with E-state index in [0.717, 1.165) is 22.2 Å². The van der Waals surface area contributed by atoms with Gasteiger partial charge in [0.25, 0.3) is 0 Å². The molecule has 19 heavy (non-hydrogen) atoms. The van der Waals surface area contributed by atoms with E-state index in [0.29, 0.717) is 19.5 Å². The summed E-state index contributed by atoms with van der Waals surface area (Å²) in [7, 11) is -3.17. The van der Waals surface area contributed by atoms with Crippen LogP contribution in [0.4, 0.5) is 4.39 Å². The van der Waals surface area contributed by atoms with Gasteiger partial charge in [-0.15, -0.1) is 0 Å². The van der Waals surface area contributed by atoms with E-state index >= 15 is 0 Å². The Morgan fingerprint density at radius 3 is 2.95 bits per heavy atom. The van der Waals surface area contributed by atoms with Gasteiger partial charge in [0.15, 0.2) is 0 Å². The molecule has 0 radical (unpaired) electrons. The number of halogens is 1. The van der Waals surface area contributed by atoms with Crippen molar-refractivity contribution in [1.29, 1.82) is 0 Å². The lowest BCUT2D eigenvalue weighted by Gasteiger charge is -2.25. The van der Waals surface area contributed by atoms with Crippen LogP contribution in [0.1, 0.15) is 18.2 Å². The quantitative estimate of drug-likeness (QED) is 0.916. The second-order valence-corrected chi connectivity index (χ2v) is 7.01. The molecule has 0 spiro atoms. The van der Waals surface area contributed by atoms with Crippen molar-refractivity contribution >= 4 is 20.9 Å². The lowest BCUT2D eigenvalue weighted by molar-refractivity contribution is 0.389. The molecule has 0 aliphatic carbocycles. The summed E-state index contributed by atoms with van der Waals surface area (Å²) in [6.45, 7) is 2.46. The first kappa shape index (κ1) is 12.6. The zero-order chi connectivity index (χ0) is 13.6. The van der Waals surface area contributed by atoms with Crippen molar-refractivity contribution in [2.24, 2.45) is 0 Å². The predicted molar refractivity (Wildman–Crippen MR) is 71.8 cm³/mol. The molecule has 6 heteroatoms. The molecule has 2 aromatic rings. The fraction of sp³-hybridized carbons (Fsp3) is 0.385. The molecule has 0 bridgehead atoms. The lowest BCUT2D eigenvalue weighted by atomic mass is 10.0. The molecular weight excluding hydrogens is 267 g/mol. The first-order valence-electron chi connectivity index (χ1n) is 6.28. The molecule has 0 atom stereocenters. The van der Waals surface area contributed by atoms with Gasteiger partial charge in [-0.25, -0.2) is 12.8 Å². The van der Waals surface area contributed by atoms with E-state index in [2.05, 4.69) is 4.98 Å². The molecule has 1 aliphatic rings. The Labute approximate surface area is 111 Å². The number of fused-ring (bicyclic) bond motifs is 3. The van der Waals surface area contributed by atoms with Crippen molar-refractivity contribution in [2.45, 2.75) is 19.9 Å². The second-order valence-electron chi connectivity index (χ2n) is 4.76. The largest absolute Gasteiger partial charge is 0.357 e. The number of rotatable bonds is 2. The Bertz CT molecular complexity index is 736. The maximum absolute atomic E-state index is 13.3. The Balaban J connectivity index is 2.05. The molecule has 1 N–H and O–H groups in total. The maximum atomic E-state index is 13.3. The summed E-state index contributed by atoms with van der Waals surface area (Å²) in [6, 6.07) is 4.61. The summed E-state index contributed by atoms with van der Waals surface area (Å²) < 4.78 is 38.5. The van der Waals surface area contributed by atoms with Gasteiger partial charge in [0.2, 0.25) is 10.0 Å². The zero-order valence-corrected chi connectivity index (χ0v) is 11.4. The third kappa shape index (κ3) is 2.04. The third-order valence-electron chi connectivity index (χ3n) is 3.66. The van der Waals surface area contributed by atoms with Crippen LogP contribution >= 0.6 is 0 Å². The standard InChI is InChI=1S/C13H15FN2O2S/c1-2-19(17,18)16-6-5-10-11-7-9(14)3-4-12(11)15-13(10)8-16/h3-4,7,15H,2,5-6,8H2,1H3. The summed E-state index contributed by atoms with van der Waals surface area (Å²) in [5, 5.41) is 0.864. The highest BCUT2D eigenvalue weighted by molar-refractivity contribution is 7.89. The van der Waals surface area contributed by atoms with Crippen LogP contribution in [0.3, 0.4) is 0 Å². The molecule has 0 saturated heterocycles. The smallest absolute Gasteiger partial charge is 0.214 e. The van der Waals surface area contributed by atoms with Crippen LogP contribution in [0, 0.1) is 5.82 Å². The molecule has 1 aromatic heterocycles. The highest BCUT2D eigenvalue weighted by Crippen LogP contribution is 2.29. The van der Waals surface area contributed by atoms with Crippen molar-refractivity contribution in [2.75, 3.05) is 12.3 Å². The molecular formula is C13H15FN2O2S. The fourth-order valence-corrected chi connectivity index (χ4v) is 3.67. The van der Waals surface area contributed by atoms with Crippen LogP contribution in [-0.2, 0) is 23.0 Å². The van der Waals surface area contributed by atoms with E-state index in [1.54, 1.807) is 13.0 Å². The zero-order valence-electron chi connectivity index (χ0n) is 10.6. The molecule has 0 saturated carbocycles. The summed E-state index contributed by atoms with van der Waals surface area (Å²) in [4.78, 5) is 3.20. The summed E-state index contributed by atoms with van der Waals surface area (Å²) >= 11 is 0. The predicted octanol–water partition coefficient (Wildman–Crippen LogP) is 2.01. The molecule has 0 amide bonds. The SMILES string of the molecule is CCS(=O)(=O)N1CCc2c([nH]c3ccc(F)cc23)C1. The van der Waals surface area contributed by atoms with Gasteiger partial charge in [0.05, 0.1) is 12.3 Å². The highest BCUT2D eigenvalue weighted by atomic mass is 32.2. The molecule has 102 valence electrons. The van der Waals surface area contributed by atoms with E-state index in [-0.39, 0.29) is 11.6 Å². The van der Waals surface area contributed by atoms with Crippen LogP contribution < -0.4 is 0 Å². The first-order chi connectivity index (χ1) is 9.01. The van der Waals surface area contributed by atoms with Crippen molar-refractivity contribution in [3.05, 3.63) is 35.3 Å². The van der Waals surface area contributed by atoms with Crippen molar-refractivity contribution < 1.29 is 12.8 Å². The van der Waals surface area contributed by atoms with Gasteiger partial charge in [-0.1, -0.05) is 0 Å². The molecule has 0 fully saturated rings. The minimum atomic E-state index is -3.17. The van der Waals surface area contributed by atoms with Crippen molar-refractivity contribution in [1.82, 2.24) is 9.29 Å². The van der Waals surface area contributed by atoms with Crippen LogP contribution in [0.25, 0.3) is 10.9 Å². The summed E-state index contributed by atoms with van der Waals surface area (Å²) in [5.74, 6) is -0.158. The van der Waals surface area contributed by atoms with Gasteiger partial charge in [-0.3, -0.25) is 0 Å². The monoisotopic (exact) mass is 282 g/mol. The average Bonchev–Trinajstić information content (AvgIpc) is 2.75. The number of aromatic nitrogens is 1. The van der Waals surface area contributed by atoms with E-state index in [4.69, 9.17) is 0 Å². The highest BCUT2D eigenvalue weighted by Gasteiger charge is 2.27. The molecule has 4 nitrogen and oxygen atoms in total. The number of sulfonamides is 1. The Morgan fingerprint density at radius 1 is 1.42 bits per heavy atom. The molecule has 0 unspecified atom stereocenters. The average molecular weight is 282 g/mol. The molecule has 2 heterocycles. The van der Waals surface area contributed by atoms with Gasteiger partial charge in [-0.2, -0.15) is 4.31 Å². The van der Waals surface area contributed by atoms with E-state index in [1.165, 1.54) is 16.4 Å². The molecule has 3 rings (SSSR count). The minimum Gasteiger partial charge on any atom is -0.357 e. The Morgan fingerprint density at radius 2 is 2.21 bits per heavy atom. The van der Waals surface area contributed by atoms with E-state index in [1.807, 2.05) is 0 Å².